The van der Waals surface area contributed by atoms with Crippen molar-refractivity contribution < 1.29 is 12.6 Å². The monoisotopic (exact) mass is 198 g/mol. The number of hydrogen-bond donors (Lipinski definition) is 0. The molecule has 0 spiro atoms. The third-order valence-electron chi connectivity index (χ3n) is 1.29. The van der Waals surface area contributed by atoms with Crippen molar-refractivity contribution in [3.63, 3.8) is 0 Å². The van der Waals surface area contributed by atoms with E-state index in [-0.39, 0.29) is 0 Å². The molecule has 4 heteroatoms. The first-order chi connectivity index (χ1) is 6.08. The highest BCUT2D eigenvalue weighted by Crippen LogP contribution is 2.01. The van der Waals surface area contributed by atoms with Gasteiger partial charge in [0.2, 0.25) is 0 Å². The summed E-state index contributed by atoms with van der Waals surface area (Å²) in [6, 6.07) is 9.30. The fourth-order valence-electron chi connectivity index (χ4n) is 0.771. The van der Waals surface area contributed by atoms with Gasteiger partial charge in [-0.15, -0.1) is 0 Å². The Morgan fingerprint density at radius 3 is 2.38 bits per heavy atom. The lowest BCUT2D eigenvalue weighted by molar-refractivity contribution is 0.452. The van der Waals surface area contributed by atoms with Crippen LogP contribution in [0.5, 0.6) is 0 Å². The number of hydrogen-bond acceptors (Lipinski definition) is 3. The Kier molecular flexibility index (Phi) is 3.08. The summed E-state index contributed by atoms with van der Waals surface area (Å²) in [6.07, 6.45) is 3.74. The molecule has 0 unspecified atom stereocenters. The van der Waals surface area contributed by atoms with Crippen LogP contribution in [-0.2, 0) is 14.3 Å². The third-order valence-corrected chi connectivity index (χ3v) is 1.75. The Morgan fingerprint density at radius 2 is 1.85 bits per heavy atom. The summed E-state index contributed by atoms with van der Waals surface area (Å²) in [7, 11) is -3.38. The SMILES string of the molecule is CS(=O)(=O)OC=Cc1ccccc1. The standard InChI is InChI=1S/C9H10O3S/c1-13(10,11)12-8-7-9-5-3-2-4-6-9/h2-8H,1H3. The van der Waals surface area contributed by atoms with Gasteiger partial charge in [-0.25, -0.2) is 0 Å². The van der Waals surface area contributed by atoms with Crippen molar-refractivity contribution in [2.24, 2.45) is 0 Å². The maximum Gasteiger partial charge on any atom is 0.305 e. The molecule has 70 valence electrons. The van der Waals surface area contributed by atoms with Crippen LogP contribution in [-0.4, -0.2) is 14.7 Å². The Balaban J connectivity index is 2.61. The smallest absolute Gasteiger partial charge is 0.305 e. The fourth-order valence-corrected chi connectivity index (χ4v) is 1.03. The summed E-state index contributed by atoms with van der Waals surface area (Å²) in [6.45, 7) is 0. The van der Waals surface area contributed by atoms with Gasteiger partial charge < -0.3 is 4.18 Å². The number of benzene rings is 1. The molecule has 0 atom stereocenters. The maximum absolute atomic E-state index is 10.5. The van der Waals surface area contributed by atoms with Crippen molar-refractivity contribution in [1.29, 1.82) is 0 Å². The van der Waals surface area contributed by atoms with Crippen LogP contribution >= 0.6 is 0 Å². The van der Waals surface area contributed by atoms with Crippen molar-refractivity contribution in [3.8, 4) is 0 Å². The van der Waals surface area contributed by atoms with E-state index in [1.807, 2.05) is 30.3 Å². The molecule has 0 aliphatic heterocycles. The summed E-state index contributed by atoms with van der Waals surface area (Å²) < 4.78 is 25.5. The van der Waals surface area contributed by atoms with Crippen LogP contribution in [0.3, 0.4) is 0 Å². The summed E-state index contributed by atoms with van der Waals surface area (Å²) in [5, 5.41) is 0. The first-order valence-corrected chi connectivity index (χ1v) is 5.49. The van der Waals surface area contributed by atoms with Gasteiger partial charge in [-0.1, -0.05) is 30.3 Å². The molecule has 0 saturated heterocycles. The molecule has 0 aliphatic carbocycles. The molecule has 0 bridgehead atoms. The highest BCUT2D eigenvalue weighted by atomic mass is 32.2. The summed E-state index contributed by atoms with van der Waals surface area (Å²) in [4.78, 5) is 0. The Morgan fingerprint density at radius 1 is 1.23 bits per heavy atom. The van der Waals surface area contributed by atoms with Crippen LogP contribution < -0.4 is 0 Å². The molecule has 0 radical (unpaired) electrons. The van der Waals surface area contributed by atoms with Gasteiger partial charge in [0.25, 0.3) is 0 Å². The van der Waals surface area contributed by atoms with E-state index in [9.17, 15) is 8.42 Å². The topological polar surface area (TPSA) is 43.4 Å². The van der Waals surface area contributed by atoms with Gasteiger partial charge in [0.05, 0.1) is 6.26 Å². The lowest BCUT2D eigenvalue weighted by Gasteiger charge is -1.94. The fraction of sp³-hybridized carbons (Fsp3) is 0.111. The van der Waals surface area contributed by atoms with Gasteiger partial charge >= 0.3 is 10.1 Å². The van der Waals surface area contributed by atoms with Crippen molar-refractivity contribution in [1.82, 2.24) is 0 Å². The van der Waals surface area contributed by atoms with Crippen molar-refractivity contribution in [2.75, 3.05) is 6.26 Å². The van der Waals surface area contributed by atoms with E-state index >= 15 is 0 Å². The molecule has 1 aromatic rings. The Labute approximate surface area is 77.8 Å². The lowest BCUT2D eigenvalue weighted by atomic mass is 10.2. The highest BCUT2D eigenvalue weighted by molar-refractivity contribution is 7.86. The van der Waals surface area contributed by atoms with Crippen LogP contribution in [0.15, 0.2) is 36.6 Å². The largest absolute Gasteiger partial charge is 0.391 e. The molecule has 1 rings (SSSR count). The maximum atomic E-state index is 10.5. The van der Waals surface area contributed by atoms with E-state index in [0.29, 0.717) is 0 Å². The molecular weight excluding hydrogens is 188 g/mol. The second-order valence-electron chi connectivity index (χ2n) is 2.51. The van der Waals surface area contributed by atoms with E-state index in [2.05, 4.69) is 4.18 Å². The first-order valence-electron chi connectivity index (χ1n) is 3.68. The molecule has 1 aromatic carbocycles. The van der Waals surface area contributed by atoms with Crippen LogP contribution in [0.2, 0.25) is 0 Å². The van der Waals surface area contributed by atoms with Gasteiger partial charge in [0, 0.05) is 0 Å². The summed E-state index contributed by atoms with van der Waals surface area (Å²) >= 11 is 0. The minimum absolute atomic E-state index is 0.895. The Bertz CT molecular complexity index is 379. The molecular formula is C9H10O3S. The zero-order valence-corrected chi connectivity index (χ0v) is 7.99. The number of rotatable bonds is 3. The van der Waals surface area contributed by atoms with Crippen LogP contribution in [0.1, 0.15) is 5.56 Å². The van der Waals surface area contributed by atoms with E-state index in [0.717, 1.165) is 18.1 Å². The molecule has 0 fully saturated rings. The normalized spacial score (nSPS) is 11.8. The van der Waals surface area contributed by atoms with E-state index in [1.54, 1.807) is 6.08 Å². The second-order valence-corrected chi connectivity index (χ2v) is 4.11. The van der Waals surface area contributed by atoms with Crippen molar-refractivity contribution in [3.05, 3.63) is 42.2 Å². The van der Waals surface area contributed by atoms with Gasteiger partial charge in [-0.2, -0.15) is 8.42 Å². The Hall–Kier alpha value is -1.29. The molecule has 0 amide bonds. The summed E-state index contributed by atoms with van der Waals surface area (Å²) in [5.41, 5.74) is 0.895. The van der Waals surface area contributed by atoms with Gasteiger partial charge in [0.15, 0.2) is 0 Å². The average Bonchev–Trinajstić information content (AvgIpc) is 2.04. The predicted molar refractivity (Wildman–Crippen MR) is 51.4 cm³/mol. The minimum atomic E-state index is -3.38. The zero-order chi connectivity index (χ0) is 9.73. The lowest BCUT2D eigenvalue weighted by Crippen LogP contribution is -1.95. The van der Waals surface area contributed by atoms with Gasteiger partial charge in [-0.05, 0) is 11.6 Å². The highest BCUT2D eigenvalue weighted by Gasteiger charge is 1.95. The molecule has 13 heavy (non-hydrogen) atoms. The van der Waals surface area contributed by atoms with Gasteiger partial charge in [0.1, 0.15) is 6.26 Å². The molecule has 3 nitrogen and oxygen atoms in total. The summed E-state index contributed by atoms with van der Waals surface area (Å²) in [5.74, 6) is 0. The second kappa shape index (κ2) is 4.09. The zero-order valence-electron chi connectivity index (χ0n) is 7.17. The van der Waals surface area contributed by atoms with Crippen LogP contribution in [0.4, 0.5) is 0 Å². The molecule has 0 saturated carbocycles. The average molecular weight is 198 g/mol. The molecule has 0 heterocycles. The van der Waals surface area contributed by atoms with E-state index in [1.165, 1.54) is 0 Å². The van der Waals surface area contributed by atoms with E-state index in [4.69, 9.17) is 0 Å². The van der Waals surface area contributed by atoms with Crippen molar-refractivity contribution >= 4 is 16.2 Å². The minimum Gasteiger partial charge on any atom is -0.391 e. The van der Waals surface area contributed by atoms with Crippen molar-refractivity contribution in [2.45, 2.75) is 0 Å². The quantitative estimate of drug-likeness (QED) is 0.547. The third kappa shape index (κ3) is 4.32. The van der Waals surface area contributed by atoms with E-state index < -0.39 is 10.1 Å². The molecule has 0 aromatic heterocycles. The van der Waals surface area contributed by atoms with Crippen LogP contribution in [0.25, 0.3) is 6.08 Å². The molecule has 0 N–H and O–H groups in total. The molecule has 0 aliphatic rings. The first kappa shape index (κ1) is 9.80. The van der Waals surface area contributed by atoms with Crippen LogP contribution in [0, 0.1) is 0 Å². The van der Waals surface area contributed by atoms with Gasteiger partial charge in [-0.3, -0.25) is 0 Å². The predicted octanol–water partition coefficient (Wildman–Crippen LogP) is 1.63.